The van der Waals surface area contributed by atoms with Crippen molar-refractivity contribution in [3.8, 4) is 5.88 Å². The van der Waals surface area contributed by atoms with E-state index in [-0.39, 0.29) is 22.9 Å². The molecule has 2 aromatic rings. The minimum absolute atomic E-state index is 0.122. The second kappa shape index (κ2) is 8.49. The minimum atomic E-state index is -4.44. The number of ether oxygens (including phenoxy) is 1. The number of nitrogens with zero attached hydrogens (tertiary/aromatic N) is 1. The molecule has 1 fully saturated rings. The summed E-state index contributed by atoms with van der Waals surface area (Å²) >= 11 is 6.02. The maximum Gasteiger partial charge on any atom is 0.417 e. The van der Waals surface area contributed by atoms with E-state index in [1.165, 1.54) is 12.1 Å². The molecular weight excluding hydrogens is 429 g/mol. The quantitative estimate of drug-likeness (QED) is 0.718. The van der Waals surface area contributed by atoms with Crippen LogP contribution < -0.4 is 9.46 Å². The first-order chi connectivity index (χ1) is 13.6. The Labute approximate surface area is 172 Å². The van der Waals surface area contributed by atoms with Gasteiger partial charge in [-0.2, -0.15) is 13.2 Å². The predicted octanol–water partition coefficient (Wildman–Crippen LogP) is 4.73. The smallest absolute Gasteiger partial charge is 0.417 e. The minimum Gasteiger partial charge on any atom is -0.474 e. The van der Waals surface area contributed by atoms with Crippen LogP contribution in [0.1, 0.15) is 36.8 Å². The van der Waals surface area contributed by atoms with E-state index < -0.39 is 21.8 Å². The highest BCUT2D eigenvalue weighted by atomic mass is 35.5. The van der Waals surface area contributed by atoms with Crippen molar-refractivity contribution in [1.82, 2.24) is 9.71 Å². The Morgan fingerprint density at radius 1 is 1.14 bits per heavy atom. The van der Waals surface area contributed by atoms with Crippen LogP contribution in [0.3, 0.4) is 0 Å². The maximum absolute atomic E-state index is 12.7. The Balaban J connectivity index is 1.56. The van der Waals surface area contributed by atoms with E-state index in [9.17, 15) is 21.6 Å². The standard InChI is InChI=1S/C19H20ClF3N2O3S/c1-12-16(20)3-2-4-17(12)29(26,27)25-14-6-8-15(9-7-14)28-18-10-5-13(11-24-18)19(21,22)23/h2-5,10-11,14-15,25H,6-9H2,1H3. The molecule has 29 heavy (non-hydrogen) atoms. The van der Waals surface area contributed by atoms with Crippen molar-refractivity contribution in [2.45, 2.75) is 55.8 Å². The van der Waals surface area contributed by atoms with E-state index in [1.54, 1.807) is 19.1 Å². The van der Waals surface area contributed by atoms with Crippen LogP contribution in [0.25, 0.3) is 0 Å². The Morgan fingerprint density at radius 2 is 1.83 bits per heavy atom. The van der Waals surface area contributed by atoms with Crippen LogP contribution in [0.4, 0.5) is 13.2 Å². The van der Waals surface area contributed by atoms with Gasteiger partial charge >= 0.3 is 6.18 Å². The number of rotatable bonds is 5. The Bertz CT molecular complexity index is 958. The fourth-order valence-electron chi connectivity index (χ4n) is 3.25. The molecule has 5 nitrogen and oxygen atoms in total. The topological polar surface area (TPSA) is 68.3 Å². The van der Waals surface area contributed by atoms with Crippen LogP contribution in [0.5, 0.6) is 5.88 Å². The molecule has 0 bridgehead atoms. The van der Waals surface area contributed by atoms with E-state index in [1.807, 2.05) is 0 Å². The van der Waals surface area contributed by atoms with Gasteiger partial charge in [0.2, 0.25) is 15.9 Å². The molecule has 0 atom stereocenters. The van der Waals surface area contributed by atoms with E-state index in [0.29, 0.717) is 36.3 Å². The number of pyridine rings is 1. The summed E-state index contributed by atoms with van der Waals surface area (Å²) < 4.78 is 71.4. The molecule has 1 heterocycles. The normalized spacial score (nSPS) is 20.4. The molecule has 0 unspecified atom stereocenters. The van der Waals surface area contributed by atoms with Crippen LogP contribution in [-0.4, -0.2) is 25.5 Å². The van der Waals surface area contributed by atoms with Crippen LogP contribution >= 0.6 is 11.6 Å². The number of alkyl halides is 3. The fraction of sp³-hybridized carbons (Fsp3) is 0.421. The average Bonchev–Trinajstić information content (AvgIpc) is 2.65. The monoisotopic (exact) mass is 448 g/mol. The third kappa shape index (κ3) is 5.40. The predicted molar refractivity (Wildman–Crippen MR) is 102 cm³/mol. The molecule has 1 aromatic heterocycles. The second-order valence-corrected chi connectivity index (χ2v) is 9.05. The maximum atomic E-state index is 12.7. The number of aromatic nitrogens is 1. The van der Waals surface area contributed by atoms with Gasteiger partial charge in [0.1, 0.15) is 6.10 Å². The fourth-order valence-corrected chi connectivity index (χ4v) is 5.05. The molecule has 3 rings (SSSR count). The van der Waals surface area contributed by atoms with Gasteiger partial charge in [-0.05, 0) is 56.4 Å². The van der Waals surface area contributed by atoms with E-state index in [4.69, 9.17) is 16.3 Å². The molecular formula is C19H20ClF3N2O3S. The number of hydrogen-bond acceptors (Lipinski definition) is 4. The largest absolute Gasteiger partial charge is 0.474 e. The molecule has 0 saturated heterocycles. The molecule has 0 amide bonds. The summed E-state index contributed by atoms with van der Waals surface area (Å²) in [6.07, 6.45) is -1.72. The Kier molecular flexibility index (Phi) is 6.40. The van der Waals surface area contributed by atoms with Gasteiger partial charge in [0, 0.05) is 23.3 Å². The number of halogens is 4. The Hall–Kier alpha value is -1.84. The molecule has 1 N–H and O–H groups in total. The number of hydrogen-bond donors (Lipinski definition) is 1. The van der Waals surface area contributed by atoms with Crippen molar-refractivity contribution >= 4 is 21.6 Å². The molecule has 1 aliphatic carbocycles. The summed E-state index contributed by atoms with van der Waals surface area (Å²) in [5, 5.41) is 0.383. The van der Waals surface area contributed by atoms with Crippen molar-refractivity contribution in [2.24, 2.45) is 0 Å². The second-order valence-electron chi connectivity index (χ2n) is 6.96. The molecule has 1 aliphatic rings. The summed E-state index contributed by atoms with van der Waals surface area (Å²) in [6, 6.07) is 6.60. The van der Waals surface area contributed by atoms with Crippen molar-refractivity contribution in [1.29, 1.82) is 0 Å². The lowest BCUT2D eigenvalue weighted by Gasteiger charge is -2.29. The van der Waals surface area contributed by atoms with Crippen LogP contribution in [-0.2, 0) is 16.2 Å². The van der Waals surface area contributed by atoms with Crippen molar-refractivity contribution < 1.29 is 26.3 Å². The summed E-state index contributed by atoms with van der Waals surface area (Å²) in [4.78, 5) is 3.86. The van der Waals surface area contributed by atoms with Crippen molar-refractivity contribution in [2.75, 3.05) is 0 Å². The third-order valence-electron chi connectivity index (χ3n) is 4.85. The Morgan fingerprint density at radius 3 is 2.41 bits per heavy atom. The number of sulfonamides is 1. The van der Waals surface area contributed by atoms with E-state index in [0.717, 1.165) is 12.3 Å². The van der Waals surface area contributed by atoms with Gasteiger partial charge in [0.25, 0.3) is 0 Å². The zero-order valence-corrected chi connectivity index (χ0v) is 17.1. The highest BCUT2D eigenvalue weighted by Crippen LogP contribution is 2.30. The van der Waals surface area contributed by atoms with Gasteiger partial charge in [-0.3, -0.25) is 0 Å². The first-order valence-electron chi connectivity index (χ1n) is 9.03. The highest BCUT2D eigenvalue weighted by Gasteiger charge is 2.31. The van der Waals surface area contributed by atoms with Crippen LogP contribution in [0.2, 0.25) is 5.02 Å². The molecule has 1 aromatic carbocycles. The van der Waals surface area contributed by atoms with Gasteiger partial charge in [-0.1, -0.05) is 17.7 Å². The average molecular weight is 449 g/mol. The highest BCUT2D eigenvalue weighted by molar-refractivity contribution is 7.89. The van der Waals surface area contributed by atoms with Gasteiger partial charge < -0.3 is 4.74 Å². The zero-order chi connectivity index (χ0) is 21.2. The van der Waals surface area contributed by atoms with Crippen molar-refractivity contribution in [3.63, 3.8) is 0 Å². The van der Waals surface area contributed by atoms with Crippen LogP contribution in [0, 0.1) is 6.92 Å². The molecule has 158 valence electrons. The van der Waals surface area contributed by atoms with Gasteiger partial charge in [-0.25, -0.2) is 18.1 Å². The van der Waals surface area contributed by atoms with Gasteiger partial charge in [-0.15, -0.1) is 0 Å². The zero-order valence-electron chi connectivity index (χ0n) is 15.5. The number of benzene rings is 1. The summed E-state index contributed by atoms with van der Waals surface area (Å²) in [5.41, 5.74) is -0.341. The van der Waals surface area contributed by atoms with Crippen molar-refractivity contribution in [3.05, 3.63) is 52.7 Å². The van der Waals surface area contributed by atoms with Gasteiger partial charge in [0.15, 0.2) is 0 Å². The van der Waals surface area contributed by atoms with Gasteiger partial charge in [0.05, 0.1) is 10.5 Å². The van der Waals surface area contributed by atoms with E-state index in [2.05, 4.69) is 9.71 Å². The number of nitrogens with one attached hydrogen (secondary N) is 1. The SMILES string of the molecule is Cc1c(Cl)cccc1S(=O)(=O)NC1CCC(Oc2ccc(C(F)(F)F)cn2)CC1. The third-order valence-corrected chi connectivity index (χ3v) is 6.93. The molecule has 10 heteroatoms. The van der Waals surface area contributed by atoms with Crippen LogP contribution in [0.15, 0.2) is 41.4 Å². The lowest BCUT2D eigenvalue weighted by Crippen LogP contribution is -2.39. The molecule has 0 spiro atoms. The lowest BCUT2D eigenvalue weighted by atomic mass is 9.94. The molecule has 0 radical (unpaired) electrons. The lowest BCUT2D eigenvalue weighted by molar-refractivity contribution is -0.137. The summed E-state index contributed by atoms with van der Waals surface area (Å²) in [6.45, 7) is 1.65. The summed E-state index contributed by atoms with van der Waals surface area (Å²) in [5.74, 6) is 0.122. The summed E-state index contributed by atoms with van der Waals surface area (Å²) in [7, 11) is -3.70. The molecule has 1 saturated carbocycles. The van der Waals surface area contributed by atoms with E-state index >= 15 is 0 Å². The first-order valence-corrected chi connectivity index (χ1v) is 10.9. The first kappa shape index (κ1) is 21.9. The molecule has 0 aliphatic heterocycles.